The summed E-state index contributed by atoms with van der Waals surface area (Å²) in [7, 11) is 0. The van der Waals surface area contributed by atoms with E-state index in [1.54, 1.807) is 0 Å². The molecule has 5 nitrogen and oxygen atoms in total. The molecule has 2 saturated heterocycles. The lowest BCUT2D eigenvalue weighted by molar-refractivity contribution is 0.311. The molecule has 5 rings (SSSR count). The highest BCUT2D eigenvalue weighted by Crippen LogP contribution is 2.63. The maximum atomic E-state index is 5.63. The molecule has 2 aromatic rings. The van der Waals surface area contributed by atoms with E-state index in [0.717, 1.165) is 30.4 Å². The molecule has 0 amide bonds. The van der Waals surface area contributed by atoms with Gasteiger partial charge in [-0.25, -0.2) is 0 Å². The number of nitrogens with one attached hydrogen (secondary N) is 1. The van der Waals surface area contributed by atoms with Gasteiger partial charge in [0.15, 0.2) is 0 Å². The highest BCUT2D eigenvalue weighted by Gasteiger charge is 2.57. The summed E-state index contributed by atoms with van der Waals surface area (Å²) in [6, 6.07) is 8.65. The van der Waals surface area contributed by atoms with Crippen LogP contribution in [0.5, 0.6) is 0 Å². The Morgan fingerprint density at radius 2 is 1.80 bits per heavy atom. The Morgan fingerprint density at radius 1 is 1.04 bits per heavy atom. The Bertz CT molecular complexity index is 726. The van der Waals surface area contributed by atoms with E-state index in [-0.39, 0.29) is 0 Å². The Hall–Kier alpha value is -1.88. The normalized spacial score (nSPS) is 25.3. The number of anilines is 1. The molecule has 1 unspecified atom stereocenters. The largest absolute Gasteiger partial charge is 0.372 e. The summed E-state index contributed by atoms with van der Waals surface area (Å²) in [5.41, 5.74) is 2.80. The molecule has 1 saturated carbocycles. The summed E-state index contributed by atoms with van der Waals surface area (Å²) in [6.07, 6.45) is 7.65. The van der Waals surface area contributed by atoms with Crippen LogP contribution in [0.3, 0.4) is 0 Å². The zero-order valence-corrected chi connectivity index (χ0v) is 14.7. The first-order valence-corrected chi connectivity index (χ1v) is 9.74. The predicted molar refractivity (Wildman–Crippen MR) is 97.7 cm³/mol. The summed E-state index contributed by atoms with van der Waals surface area (Å²) < 4.78 is 5.63. The summed E-state index contributed by atoms with van der Waals surface area (Å²) in [6.45, 7) is 4.58. The van der Waals surface area contributed by atoms with Crippen molar-refractivity contribution in [3.63, 3.8) is 0 Å². The van der Waals surface area contributed by atoms with Gasteiger partial charge in [0, 0.05) is 30.3 Å². The number of hydrogen-bond acceptors (Lipinski definition) is 5. The molecule has 1 spiro atoms. The van der Waals surface area contributed by atoms with E-state index in [2.05, 4.69) is 39.6 Å². The summed E-state index contributed by atoms with van der Waals surface area (Å²) >= 11 is 0. The van der Waals surface area contributed by atoms with Crippen LogP contribution in [0.1, 0.15) is 50.3 Å². The van der Waals surface area contributed by atoms with Crippen molar-refractivity contribution in [2.75, 3.05) is 31.1 Å². The standard InChI is InChI=1S/C20H26N4O/c1-2-12-24(13-3-1)16-6-4-15(5-7-16)18-22-19(25-23-18)17-14-20(17)8-10-21-11-9-20/h4-7,17,21H,1-3,8-14H2. The highest BCUT2D eigenvalue weighted by molar-refractivity contribution is 5.60. The number of aromatic nitrogens is 2. The minimum atomic E-state index is 0.438. The molecule has 2 aliphatic heterocycles. The lowest BCUT2D eigenvalue weighted by Gasteiger charge is -2.28. The Balaban J connectivity index is 1.30. The van der Waals surface area contributed by atoms with Gasteiger partial charge in [0.2, 0.25) is 11.7 Å². The third-order valence-corrected chi connectivity index (χ3v) is 6.38. The summed E-state index contributed by atoms with van der Waals surface area (Å²) in [4.78, 5) is 7.19. The smallest absolute Gasteiger partial charge is 0.230 e. The molecule has 0 radical (unpaired) electrons. The first kappa shape index (κ1) is 15.4. The lowest BCUT2D eigenvalue weighted by atomic mass is 9.92. The van der Waals surface area contributed by atoms with E-state index in [9.17, 15) is 0 Å². The molecule has 1 N–H and O–H groups in total. The van der Waals surface area contributed by atoms with Crippen LogP contribution in [0.15, 0.2) is 28.8 Å². The van der Waals surface area contributed by atoms with Crippen molar-refractivity contribution in [2.24, 2.45) is 5.41 Å². The molecule has 0 bridgehead atoms. The molecule has 1 aromatic heterocycles. The van der Waals surface area contributed by atoms with Crippen LogP contribution in [0.4, 0.5) is 5.69 Å². The summed E-state index contributed by atoms with van der Waals surface area (Å²) in [5, 5.41) is 7.70. The van der Waals surface area contributed by atoms with Gasteiger partial charge in [0.25, 0.3) is 0 Å². The second-order valence-electron chi connectivity index (χ2n) is 7.92. The number of benzene rings is 1. The topological polar surface area (TPSA) is 54.2 Å². The van der Waals surface area contributed by atoms with Crippen LogP contribution < -0.4 is 10.2 Å². The summed E-state index contributed by atoms with van der Waals surface area (Å²) in [5.74, 6) is 2.05. The number of rotatable bonds is 3. The van der Waals surface area contributed by atoms with Crippen molar-refractivity contribution in [2.45, 2.75) is 44.4 Å². The molecule has 25 heavy (non-hydrogen) atoms. The zero-order chi connectivity index (χ0) is 16.7. The molecule has 1 atom stereocenters. The van der Waals surface area contributed by atoms with E-state index < -0.39 is 0 Å². The van der Waals surface area contributed by atoms with Gasteiger partial charge < -0.3 is 14.7 Å². The SMILES string of the molecule is c1cc(N2CCCCC2)ccc1-c1noc(C2CC23CCNCC3)n1. The minimum Gasteiger partial charge on any atom is -0.372 e. The molecule has 1 aromatic carbocycles. The van der Waals surface area contributed by atoms with Gasteiger partial charge in [-0.2, -0.15) is 4.98 Å². The predicted octanol–water partition coefficient (Wildman–Crippen LogP) is 3.58. The van der Waals surface area contributed by atoms with E-state index in [4.69, 9.17) is 9.51 Å². The van der Waals surface area contributed by atoms with Crippen molar-refractivity contribution >= 4 is 5.69 Å². The fourth-order valence-electron chi connectivity index (χ4n) is 4.64. The van der Waals surface area contributed by atoms with Crippen molar-refractivity contribution in [1.29, 1.82) is 0 Å². The maximum Gasteiger partial charge on any atom is 0.230 e. The van der Waals surface area contributed by atoms with Crippen LogP contribution in [0, 0.1) is 5.41 Å². The highest BCUT2D eigenvalue weighted by atomic mass is 16.5. The molecule has 3 aliphatic rings. The van der Waals surface area contributed by atoms with E-state index in [0.29, 0.717) is 11.3 Å². The molecule has 5 heteroatoms. The minimum absolute atomic E-state index is 0.438. The average Bonchev–Trinajstić information content (AvgIpc) is 3.15. The van der Waals surface area contributed by atoms with Gasteiger partial charge in [-0.1, -0.05) is 5.16 Å². The molecule has 132 valence electrons. The maximum absolute atomic E-state index is 5.63. The van der Waals surface area contributed by atoms with Crippen LogP contribution in [-0.4, -0.2) is 36.3 Å². The molecule has 1 aliphatic carbocycles. The number of piperidine rings is 2. The Kier molecular flexibility index (Phi) is 3.77. The molecule has 3 fully saturated rings. The molecule has 3 heterocycles. The van der Waals surface area contributed by atoms with Crippen LogP contribution in [-0.2, 0) is 0 Å². The van der Waals surface area contributed by atoms with Gasteiger partial charge in [-0.15, -0.1) is 0 Å². The average molecular weight is 338 g/mol. The zero-order valence-electron chi connectivity index (χ0n) is 14.7. The van der Waals surface area contributed by atoms with Crippen molar-refractivity contribution in [1.82, 2.24) is 15.5 Å². The van der Waals surface area contributed by atoms with Crippen LogP contribution in [0.2, 0.25) is 0 Å². The number of hydrogen-bond donors (Lipinski definition) is 1. The van der Waals surface area contributed by atoms with Gasteiger partial charge in [-0.3, -0.25) is 0 Å². The van der Waals surface area contributed by atoms with Crippen LogP contribution in [0.25, 0.3) is 11.4 Å². The van der Waals surface area contributed by atoms with Gasteiger partial charge in [0.1, 0.15) is 0 Å². The van der Waals surface area contributed by atoms with Crippen molar-refractivity contribution < 1.29 is 4.52 Å². The third-order valence-electron chi connectivity index (χ3n) is 6.38. The number of nitrogens with zero attached hydrogens (tertiary/aromatic N) is 3. The van der Waals surface area contributed by atoms with Gasteiger partial charge >= 0.3 is 0 Å². The Morgan fingerprint density at radius 3 is 2.56 bits per heavy atom. The molecular weight excluding hydrogens is 312 g/mol. The second-order valence-corrected chi connectivity index (χ2v) is 7.92. The molecular formula is C20H26N4O. The Labute approximate surface area is 148 Å². The van der Waals surface area contributed by atoms with E-state index in [1.165, 1.54) is 57.3 Å². The van der Waals surface area contributed by atoms with E-state index in [1.807, 2.05) is 0 Å². The van der Waals surface area contributed by atoms with E-state index >= 15 is 0 Å². The van der Waals surface area contributed by atoms with Crippen LogP contribution >= 0.6 is 0 Å². The third kappa shape index (κ3) is 2.84. The van der Waals surface area contributed by atoms with Gasteiger partial charge in [-0.05, 0) is 81.3 Å². The van der Waals surface area contributed by atoms with Crippen molar-refractivity contribution in [3.05, 3.63) is 30.2 Å². The lowest BCUT2D eigenvalue weighted by Crippen LogP contribution is -2.29. The second kappa shape index (κ2) is 6.13. The first-order chi connectivity index (χ1) is 12.3. The van der Waals surface area contributed by atoms with Crippen molar-refractivity contribution in [3.8, 4) is 11.4 Å². The fraction of sp³-hybridized carbons (Fsp3) is 0.600. The first-order valence-electron chi connectivity index (χ1n) is 9.74. The fourth-order valence-corrected chi connectivity index (χ4v) is 4.64. The monoisotopic (exact) mass is 338 g/mol. The van der Waals surface area contributed by atoms with Gasteiger partial charge in [0.05, 0.1) is 0 Å². The quantitative estimate of drug-likeness (QED) is 0.927.